The van der Waals surface area contributed by atoms with Gasteiger partial charge in [0.1, 0.15) is 0 Å². The number of thioether (sulfide) groups is 1. The van der Waals surface area contributed by atoms with Gasteiger partial charge in [-0.2, -0.15) is 11.8 Å². The van der Waals surface area contributed by atoms with E-state index in [0.717, 1.165) is 25.3 Å². The van der Waals surface area contributed by atoms with Crippen LogP contribution in [-0.4, -0.2) is 38.3 Å². The van der Waals surface area contributed by atoms with Crippen molar-refractivity contribution in [2.75, 3.05) is 18.1 Å². The van der Waals surface area contributed by atoms with Crippen LogP contribution in [0.4, 0.5) is 0 Å². The molecule has 0 bridgehead atoms. The van der Waals surface area contributed by atoms with Gasteiger partial charge in [-0.3, -0.25) is 0 Å². The summed E-state index contributed by atoms with van der Waals surface area (Å²) in [7, 11) is 0. The van der Waals surface area contributed by atoms with Crippen LogP contribution < -0.4 is 5.32 Å². The molecule has 2 rings (SSSR count). The van der Waals surface area contributed by atoms with Crippen molar-refractivity contribution in [3.63, 3.8) is 0 Å². The highest BCUT2D eigenvalue weighted by Gasteiger charge is 2.19. The van der Waals surface area contributed by atoms with Gasteiger partial charge in [-0.25, -0.2) is 4.68 Å². The van der Waals surface area contributed by atoms with Gasteiger partial charge in [-0.1, -0.05) is 6.92 Å². The van der Waals surface area contributed by atoms with Crippen LogP contribution in [0.15, 0.2) is 0 Å². The first-order valence-corrected chi connectivity index (χ1v) is 7.12. The summed E-state index contributed by atoms with van der Waals surface area (Å²) < 4.78 is 2.02. The molecule has 5 nitrogen and oxygen atoms in total. The van der Waals surface area contributed by atoms with Crippen molar-refractivity contribution in [1.29, 1.82) is 0 Å². The topological polar surface area (TPSA) is 55.6 Å². The third kappa shape index (κ3) is 2.95. The van der Waals surface area contributed by atoms with Gasteiger partial charge in [0, 0.05) is 0 Å². The maximum absolute atomic E-state index is 4.12. The molecule has 1 aliphatic rings. The Balaban J connectivity index is 1.94. The molecule has 2 heterocycles. The molecule has 0 radical (unpaired) electrons. The second-order valence-electron chi connectivity index (χ2n) is 4.06. The fourth-order valence-corrected chi connectivity index (χ4v) is 3.00. The largest absolute Gasteiger partial charge is 0.310 e. The number of rotatable bonds is 5. The van der Waals surface area contributed by atoms with Gasteiger partial charge in [0.25, 0.3) is 0 Å². The minimum atomic E-state index is 0.509. The van der Waals surface area contributed by atoms with Gasteiger partial charge < -0.3 is 5.32 Å². The molecule has 90 valence electrons. The highest BCUT2D eigenvalue weighted by molar-refractivity contribution is 7.99. The van der Waals surface area contributed by atoms with E-state index in [1.165, 1.54) is 24.3 Å². The van der Waals surface area contributed by atoms with E-state index in [0.29, 0.717) is 6.04 Å². The second kappa shape index (κ2) is 6.20. The Morgan fingerprint density at radius 1 is 1.44 bits per heavy atom. The van der Waals surface area contributed by atoms with E-state index < -0.39 is 0 Å². The van der Waals surface area contributed by atoms with E-state index in [-0.39, 0.29) is 0 Å². The van der Waals surface area contributed by atoms with Crippen LogP contribution in [0.1, 0.15) is 38.1 Å². The Hall–Kier alpha value is -0.620. The van der Waals surface area contributed by atoms with Gasteiger partial charge in [-0.15, -0.1) is 5.10 Å². The Morgan fingerprint density at radius 3 is 3.00 bits per heavy atom. The van der Waals surface area contributed by atoms with Crippen LogP contribution in [0.2, 0.25) is 0 Å². The number of tetrazole rings is 1. The maximum Gasteiger partial charge on any atom is 0.165 e. The van der Waals surface area contributed by atoms with Gasteiger partial charge in [-0.05, 0) is 47.7 Å². The summed E-state index contributed by atoms with van der Waals surface area (Å²) in [6, 6.07) is 0.509. The van der Waals surface area contributed by atoms with E-state index in [9.17, 15) is 0 Å². The Labute approximate surface area is 100 Å². The zero-order valence-electron chi connectivity index (χ0n) is 9.72. The molecule has 0 saturated carbocycles. The molecule has 1 aromatic rings. The average molecular weight is 241 g/mol. The van der Waals surface area contributed by atoms with Crippen molar-refractivity contribution < 1.29 is 0 Å². The summed E-state index contributed by atoms with van der Waals surface area (Å²) in [6.07, 6.45) is 3.52. The van der Waals surface area contributed by atoms with Crippen LogP contribution >= 0.6 is 11.8 Å². The third-order valence-corrected chi connectivity index (χ3v) is 3.86. The molecule has 0 spiro atoms. The standard InChI is InChI=1S/C10H19N5S/c1-2-5-11-8-10-12-13-14-15(10)9-3-6-16-7-4-9/h9,11H,2-8H2,1H3. The van der Waals surface area contributed by atoms with Crippen LogP contribution in [0.5, 0.6) is 0 Å². The fraction of sp³-hybridized carbons (Fsp3) is 0.900. The summed E-state index contributed by atoms with van der Waals surface area (Å²) in [5.41, 5.74) is 0. The fourth-order valence-electron chi connectivity index (χ4n) is 1.92. The van der Waals surface area contributed by atoms with Crippen molar-refractivity contribution in [3.8, 4) is 0 Å². The smallest absolute Gasteiger partial charge is 0.165 e. The minimum absolute atomic E-state index is 0.509. The minimum Gasteiger partial charge on any atom is -0.310 e. The lowest BCUT2D eigenvalue weighted by Crippen LogP contribution is -2.23. The molecule has 6 heteroatoms. The Morgan fingerprint density at radius 2 is 2.25 bits per heavy atom. The number of aromatic nitrogens is 4. The molecule has 1 fully saturated rings. The first kappa shape index (κ1) is 11.9. The predicted octanol–water partition coefficient (Wildman–Crippen LogP) is 1.24. The van der Waals surface area contributed by atoms with E-state index in [4.69, 9.17) is 0 Å². The highest BCUT2D eigenvalue weighted by atomic mass is 32.2. The van der Waals surface area contributed by atoms with E-state index in [1.807, 2.05) is 16.4 Å². The summed E-state index contributed by atoms with van der Waals surface area (Å²) in [5, 5.41) is 15.4. The van der Waals surface area contributed by atoms with Gasteiger partial charge in [0.2, 0.25) is 0 Å². The molecular weight excluding hydrogens is 222 g/mol. The van der Waals surface area contributed by atoms with Crippen LogP contribution in [0, 0.1) is 0 Å². The SMILES string of the molecule is CCCNCc1nnnn1C1CCSCC1. The molecule has 0 unspecified atom stereocenters. The monoisotopic (exact) mass is 241 g/mol. The van der Waals surface area contributed by atoms with Crippen molar-refractivity contribution >= 4 is 11.8 Å². The average Bonchev–Trinajstić information content (AvgIpc) is 2.79. The molecule has 0 amide bonds. The molecular formula is C10H19N5S. The molecule has 0 atom stereocenters. The Bertz CT molecular complexity index is 308. The zero-order chi connectivity index (χ0) is 11.2. The number of hydrogen-bond acceptors (Lipinski definition) is 5. The predicted molar refractivity (Wildman–Crippen MR) is 65.4 cm³/mol. The molecule has 1 saturated heterocycles. The van der Waals surface area contributed by atoms with Crippen LogP contribution in [-0.2, 0) is 6.54 Å². The molecule has 1 N–H and O–H groups in total. The highest BCUT2D eigenvalue weighted by Crippen LogP contribution is 2.26. The van der Waals surface area contributed by atoms with Gasteiger partial charge in [0.15, 0.2) is 5.82 Å². The molecule has 0 aromatic carbocycles. The van der Waals surface area contributed by atoms with Crippen molar-refractivity contribution in [2.24, 2.45) is 0 Å². The lowest BCUT2D eigenvalue weighted by atomic mass is 10.1. The maximum atomic E-state index is 4.12. The number of hydrogen-bond donors (Lipinski definition) is 1. The van der Waals surface area contributed by atoms with Crippen LogP contribution in [0.25, 0.3) is 0 Å². The summed E-state index contributed by atoms with van der Waals surface area (Å²) >= 11 is 2.03. The summed E-state index contributed by atoms with van der Waals surface area (Å²) in [4.78, 5) is 0. The first-order valence-electron chi connectivity index (χ1n) is 5.97. The second-order valence-corrected chi connectivity index (χ2v) is 5.28. The normalized spacial score (nSPS) is 17.8. The van der Waals surface area contributed by atoms with Crippen LogP contribution in [0.3, 0.4) is 0 Å². The number of nitrogens with zero attached hydrogens (tertiary/aromatic N) is 4. The first-order chi connectivity index (χ1) is 7.92. The molecule has 1 aromatic heterocycles. The van der Waals surface area contributed by atoms with E-state index >= 15 is 0 Å². The van der Waals surface area contributed by atoms with E-state index in [2.05, 4.69) is 27.8 Å². The summed E-state index contributed by atoms with van der Waals surface area (Å²) in [5.74, 6) is 3.43. The van der Waals surface area contributed by atoms with Crippen molar-refractivity contribution in [1.82, 2.24) is 25.5 Å². The van der Waals surface area contributed by atoms with Gasteiger partial charge in [0.05, 0.1) is 12.6 Å². The quantitative estimate of drug-likeness (QED) is 0.786. The summed E-state index contributed by atoms with van der Waals surface area (Å²) in [6.45, 7) is 3.96. The molecule has 1 aliphatic heterocycles. The van der Waals surface area contributed by atoms with Crippen molar-refractivity contribution in [2.45, 2.75) is 38.8 Å². The zero-order valence-corrected chi connectivity index (χ0v) is 10.5. The molecule has 0 aliphatic carbocycles. The third-order valence-electron chi connectivity index (χ3n) is 2.81. The lowest BCUT2D eigenvalue weighted by molar-refractivity contribution is 0.398. The van der Waals surface area contributed by atoms with E-state index in [1.54, 1.807) is 0 Å². The van der Waals surface area contributed by atoms with Gasteiger partial charge >= 0.3 is 0 Å². The van der Waals surface area contributed by atoms with Crippen molar-refractivity contribution in [3.05, 3.63) is 5.82 Å². The lowest BCUT2D eigenvalue weighted by Gasteiger charge is -2.22. The molecule has 16 heavy (non-hydrogen) atoms. The Kier molecular flexibility index (Phi) is 4.59. The number of nitrogens with one attached hydrogen (secondary N) is 1.